The van der Waals surface area contributed by atoms with E-state index in [1.54, 1.807) is 6.07 Å². The summed E-state index contributed by atoms with van der Waals surface area (Å²) in [4.78, 5) is 13.1. The van der Waals surface area contributed by atoms with E-state index in [2.05, 4.69) is 16.3 Å². The number of fused-ring (bicyclic) bond motifs is 1. The number of anilines is 2. The summed E-state index contributed by atoms with van der Waals surface area (Å²) < 4.78 is 0. The van der Waals surface area contributed by atoms with Gasteiger partial charge in [-0.25, -0.2) is 0 Å². The molecule has 5 heteroatoms. The molecule has 0 saturated heterocycles. The van der Waals surface area contributed by atoms with Gasteiger partial charge in [-0.05, 0) is 31.0 Å². The number of nitriles is 1. The maximum absolute atomic E-state index is 10.9. The summed E-state index contributed by atoms with van der Waals surface area (Å²) >= 11 is 0. The largest absolute Gasteiger partial charge is 0.481 e. The number of hydrogen-bond donors (Lipinski definition) is 2. The second-order valence-electron chi connectivity index (χ2n) is 5.12. The van der Waals surface area contributed by atoms with E-state index in [0.717, 1.165) is 24.5 Å². The van der Waals surface area contributed by atoms with Crippen molar-refractivity contribution < 1.29 is 9.90 Å². The maximum Gasteiger partial charge on any atom is 0.306 e. The normalized spacial score (nSPS) is 24.7. The van der Waals surface area contributed by atoms with E-state index in [0.29, 0.717) is 18.4 Å². The third kappa shape index (κ3) is 1.99. The summed E-state index contributed by atoms with van der Waals surface area (Å²) in [5.74, 6) is -0.903. The number of rotatable bonds is 2. The number of carbonyl (C=O) groups is 1. The van der Waals surface area contributed by atoms with Gasteiger partial charge in [-0.2, -0.15) is 5.26 Å². The minimum Gasteiger partial charge on any atom is -0.481 e. The van der Waals surface area contributed by atoms with Crippen LogP contribution in [-0.2, 0) is 4.79 Å². The van der Waals surface area contributed by atoms with Gasteiger partial charge in [-0.1, -0.05) is 0 Å². The lowest BCUT2D eigenvalue weighted by molar-refractivity contribution is -0.145. The highest BCUT2D eigenvalue weighted by Gasteiger charge is 2.39. The zero-order chi connectivity index (χ0) is 13.4. The third-order valence-electron chi connectivity index (χ3n) is 4.01. The lowest BCUT2D eigenvalue weighted by atomic mass is 9.79. The molecule has 0 amide bonds. The van der Waals surface area contributed by atoms with Crippen molar-refractivity contribution in [3.05, 3.63) is 23.8 Å². The Labute approximate surface area is 111 Å². The molecule has 19 heavy (non-hydrogen) atoms. The number of hydrogen-bond acceptors (Lipinski definition) is 4. The first kappa shape index (κ1) is 11.8. The second-order valence-corrected chi connectivity index (χ2v) is 5.12. The summed E-state index contributed by atoms with van der Waals surface area (Å²) in [5, 5.41) is 21.2. The molecule has 0 aromatic heterocycles. The quantitative estimate of drug-likeness (QED) is 0.842. The Morgan fingerprint density at radius 1 is 1.47 bits per heavy atom. The van der Waals surface area contributed by atoms with Gasteiger partial charge in [-0.3, -0.25) is 4.79 Å². The summed E-state index contributed by atoms with van der Waals surface area (Å²) in [7, 11) is 0. The molecule has 1 saturated carbocycles. The highest BCUT2D eigenvalue weighted by atomic mass is 16.4. The van der Waals surface area contributed by atoms with Gasteiger partial charge in [0.2, 0.25) is 0 Å². The number of benzene rings is 1. The van der Waals surface area contributed by atoms with Crippen LogP contribution in [0, 0.1) is 17.2 Å². The molecule has 0 spiro atoms. The molecule has 2 aliphatic rings. The van der Waals surface area contributed by atoms with Crippen LogP contribution in [0.5, 0.6) is 0 Å². The lowest BCUT2D eigenvalue weighted by Gasteiger charge is -2.45. The Kier molecular flexibility index (Phi) is 2.79. The van der Waals surface area contributed by atoms with E-state index in [-0.39, 0.29) is 12.0 Å². The van der Waals surface area contributed by atoms with Gasteiger partial charge in [0.15, 0.2) is 0 Å². The second kappa shape index (κ2) is 4.47. The number of nitrogens with zero attached hydrogens (tertiary/aromatic N) is 2. The van der Waals surface area contributed by atoms with Gasteiger partial charge < -0.3 is 15.3 Å². The molecule has 1 heterocycles. The molecule has 1 aromatic rings. The summed E-state index contributed by atoms with van der Waals surface area (Å²) in [6.07, 6.45) is 1.40. The molecule has 3 rings (SSSR count). The van der Waals surface area contributed by atoms with Gasteiger partial charge in [0.05, 0.1) is 28.9 Å². The van der Waals surface area contributed by atoms with Crippen molar-refractivity contribution in [3.8, 4) is 6.07 Å². The molecular formula is C14H15N3O2. The van der Waals surface area contributed by atoms with Crippen LogP contribution in [0.25, 0.3) is 0 Å². The Hall–Kier alpha value is -2.22. The molecule has 1 aliphatic heterocycles. The average molecular weight is 257 g/mol. The van der Waals surface area contributed by atoms with Crippen LogP contribution in [0.15, 0.2) is 18.2 Å². The highest BCUT2D eigenvalue weighted by Crippen LogP contribution is 2.39. The fourth-order valence-corrected chi connectivity index (χ4v) is 2.84. The monoisotopic (exact) mass is 257 g/mol. The first-order valence-electron chi connectivity index (χ1n) is 6.46. The van der Waals surface area contributed by atoms with Crippen LogP contribution in [-0.4, -0.2) is 30.2 Å². The standard InChI is InChI=1S/C14H15N3O2/c15-8-9-1-2-12-13(5-9)17(4-3-16-12)11-6-10(7-11)14(18)19/h1-2,5,10-11,16H,3-4,6-7H2,(H,18,19). The van der Waals surface area contributed by atoms with Crippen molar-refractivity contribution in [2.24, 2.45) is 5.92 Å². The molecule has 1 fully saturated rings. The number of carboxylic acid groups (broad SMARTS) is 1. The Bertz CT molecular complexity index is 558. The van der Waals surface area contributed by atoms with Crippen LogP contribution in [0.4, 0.5) is 11.4 Å². The Balaban J connectivity index is 1.83. The van der Waals surface area contributed by atoms with Gasteiger partial charge in [0, 0.05) is 19.1 Å². The van der Waals surface area contributed by atoms with Crippen molar-refractivity contribution in [2.75, 3.05) is 23.3 Å². The van der Waals surface area contributed by atoms with Gasteiger partial charge in [0.25, 0.3) is 0 Å². The summed E-state index contributed by atoms with van der Waals surface area (Å²) in [5.41, 5.74) is 2.70. The van der Waals surface area contributed by atoms with Gasteiger partial charge in [-0.15, -0.1) is 0 Å². The van der Waals surface area contributed by atoms with Crippen molar-refractivity contribution in [3.63, 3.8) is 0 Å². The van der Waals surface area contributed by atoms with E-state index >= 15 is 0 Å². The molecule has 0 unspecified atom stereocenters. The molecule has 0 bridgehead atoms. The Morgan fingerprint density at radius 2 is 2.26 bits per heavy atom. The van der Waals surface area contributed by atoms with E-state index in [4.69, 9.17) is 10.4 Å². The average Bonchev–Trinajstić information content (AvgIpc) is 2.36. The third-order valence-corrected chi connectivity index (χ3v) is 4.01. The van der Waals surface area contributed by atoms with Crippen LogP contribution >= 0.6 is 0 Å². The molecule has 1 aromatic carbocycles. The van der Waals surface area contributed by atoms with E-state index in [1.807, 2.05) is 12.1 Å². The molecule has 1 aliphatic carbocycles. The minimum atomic E-state index is -0.697. The van der Waals surface area contributed by atoms with Crippen molar-refractivity contribution in [1.82, 2.24) is 0 Å². The number of nitrogens with one attached hydrogen (secondary N) is 1. The van der Waals surface area contributed by atoms with Crippen LogP contribution in [0.1, 0.15) is 18.4 Å². The highest BCUT2D eigenvalue weighted by molar-refractivity contribution is 5.76. The first-order chi connectivity index (χ1) is 9.19. The SMILES string of the molecule is N#Cc1ccc2c(c1)N(C1CC(C(=O)O)C1)CCN2. The fourth-order valence-electron chi connectivity index (χ4n) is 2.84. The van der Waals surface area contributed by atoms with Crippen molar-refractivity contribution in [1.29, 1.82) is 5.26 Å². The topological polar surface area (TPSA) is 76.4 Å². The summed E-state index contributed by atoms with van der Waals surface area (Å²) in [6.45, 7) is 1.71. The predicted octanol–water partition coefficient (Wildman–Crippen LogP) is 1.65. The smallest absolute Gasteiger partial charge is 0.306 e. The van der Waals surface area contributed by atoms with Gasteiger partial charge >= 0.3 is 5.97 Å². The fraction of sp³-hybridized carbons (Fsp3) is 0.429. The van der Waals surface area contributed by atoms with Crippen molar-refractivity contribution in [2.45, 2.75) is 18.9 Å². The molecule has 0 atom stereocenters. The van der Waals surface area contributed by atoms with Crippen molar-refractivity contribution >= 4 is 17.3 Å². The summed E-state index contributed by atoms with van der Waals surface area (Å²) in [6, 6.07) is 8.05. The molecule has 2 N–H and O–H groups in total. The van der Waals surface area contributed by atoms with Gasteiger partial charge in [0.1, 0.15) is 0 Å². The van der Waals surface area contributed by atoms with Crippen LogP contribution in [0.2, 0.25) is 0 Å². The van der Waals surface area contributed by atoms with E-state index < -0.39 is 5.97 Å². The van der Waals surface area contributed by atoms with Crippen LogP contribution < -0.4 is 10.2 Å². The molecule has 98 valence electrons. The number of carboxylic acids is 1. The zero-order valence-electron chi connectivity index (χ0n) is 10.5. The molecular weight excluding hydrogens is 242 g/mol. The zero-order valence-corrected chi connectivity index (χ0v) is 10.5. The molecule has 0 radical (unpaired) electrons. The molecule has 5 nitrogen and oxygen atoms in total. The predicted molar refractivity (Wildman–Crippen MR) is 71.1 cm³/mol. The van der Waals surface area contributed by atoms with E-state index in [9.17, 15) is 4.79 Å². The van der Waals surface area contributed by atoms with Crippen LogP contribution in [0.3, 0.4) is 0 Å². The first-order valence-corrected chi connectivity index (χ1v) is 6.46. The minimum absolute atomic E-state index is 0.206. The maximum atomic E-state index is 10.9. The van der Waals surface area contributed by atoms with E-state index in [1.165, 1.54) is 0 Å². The lowest BCUT2D eigenvalue weighted by Crippen LogP contribution is -2.50. The Morgan fingerprint density at radius 3 is 2.95 bits per heavy atom. The number of aliphatic carboxylic acids is 1.